The Morgan fingerprint density at radius 1 is 1.12 bits per heavy atom. The van der Waals surface area contributed by atoms with E-state index >= 15 is 0 Å². The molecule has 1 unspecified atom stereocenters. The molecule has 6 nitrogen and oxygen atoms in total. The molecular weight excluding hydrogens is 318 g/mol. The van der Waals surface area contributed by atoms with E-state index in [1.54, 1.807) is 6.07 Å². The van der Waals surface area contributed by atoms with Crippen LogP contribution in [-0.4, -0.2) is 36.9 Å². The van der Waals surface area contributed by atoms with E-state index < -0.39 is 0 Å². The second kappa shape index (κ2) is 7.79. The average molecular weight is 339 g/mol. The molecule has 0 aromatic heterocycles. The maximum absolute atomic E-state index is 12.2. The third kappa shape index (κ3) is 4.56. The molecule has 25 heavy (non-hydrogen) atoms. The van der Waals surface area contributed by atoms with Gasteiger partial charge in [-0.1, -0.05) is 30.3 Å². The lowest BCUT2D eigenvalue weighted by Gasteiger charge is -2.23. The monoisotopic (exact) mass is 339 g/mol. The van der Waals surface area contributed by atoms with E-state index in [1.807, 2.05) is 36.4 Å². The van der Waals surface area contributed by atoms with Crippen LogP contribution >= 0.6 is 0 Å². The Bertz CT molecular complexity index is 793. The van der Waals surface area contributed by atoms with Crippen molar-refractivity contribution in [3.05, 3.63) is 48.0 Å². The first-order chi connectivity index (χ1) is 12.1. The van der Waals surface area contributed by atoms with Crippen LogP contribution in [0.5, 0.6) is 0 Å². The molecule has 0 bridgehead atoms. The number of carbonyl (C=O) groups excluding carboxylic acids is 3. The maximum atomic E-state index is 12.2. The predicted octanol–water partition coefficient (Wildman–Crippen LogP) is 1.35. The first-order valence-electron chi connectivity index (χ1n) is 8.45. The van der Waals surface area contributed by atoms with E-state index in [0.717, 1.165) is 10.8 Å². The van der Waals surface area contributed by atoms with Gasteiger partial charge in [0.05, 0.1) is 0 Å². The number of rotatable bonds is 5. The fourth-order valence-electron chi connectivity index (χ4n) is 2.88. The van der Waals surface area contributed by atoms with E-state index in [9.17, 15) is 14.4 Å². The van der Waals surface area contributed by atoms with Crippen LogP contribution < -0.4 is 16.0 Å². The molecule has 1 aliphatic rings. The quantitative estimate of drug-likeness (QED) is 0.768. The SMILES string of the molecule is O=C1CCC(NC(=O)CCNC(=O)c2ccc3ccccc3c2)CN1. The Hall–Kier alpha value is -2.89. The fourth-order valence-corrected chi connectivity index (χ4v) is 2.88. The van der Waals surface area contributed by atoms with E-state index in [4.69, 9.17) is 0 Å². The van der Waals surface area contributed by atoms with Crippen molar-refractivity contribution in [2.24, 2.45) is 0 Å². The van der Waals surface area contributed by atoms with E-state index in [-0.39, 0.29) is 36.7 Å². The number of amides is 3. The average Bonchev–Trinajstić information content (AvgIpc) is 2.63. The first-order valence-corrected chi connectivity index (χ1v) is 8.45. The molecule has 3 rings (SSSR count). The lowest BCUT2D eigenvalue weighted by atomic mass is 10.1. The van der Waals surface area contributed by atoms with Crippen LogP contribution in [0.3, 0.4) is 0 Å². The van der Waals surface area contributed by atoms with Crippen LogP contribution in [0.4, 0.5) is 0 Å². The molecule has 0 saturated carbocycles. The van der Waals surface area contributed by atoms with Crippen LogP contribution in [0.2, 0.25) is 0 Å². The Balaban J connectivity index is 1.45. The summed E-state index contributed by atoms with van der Waals surface area (Å²) in [5.41, 5.74) is 0.578. The van der Waals surface area contributed by atoms with E-state index in [1.165, 1.54) is 0 Å². The Labute approximate surface area is 146 Å². The topological polar surface area (TPSA) is 87.3 Å². The molecule has 1 atom stereocenters. The molecule has 2 aromatic carbocycles. The number of nitrogens with one attached hydrogen (secondary N) is 3. The Morgan fingerprint density at radius 3 is 2.68 bits per heavy atom. The van der Waals surface area contributed by atoms with Gasteiger partial charge in [0.25, 0.3) is 5.91 Å². The first kappa shape index (κ1) is 17.0. The smallest absolute Gasteiger partial charge is 0.251 e. The van der Waals surface area contributed by atoms with Crippen LogP contribution in [0.25, 0.3) is 10.8 Å². The summed E-state index contributed by atoms with van der Waals surface area (Å²) >= 11 is 0. The number of hydrogen-bond donors (Lipinski definition) is 3. The highest BCUT2D eigenvalue weighted by Gasteiger charge is 2.19. The molecule has 3 amide bonds. The normalized spacial score (nSPS) is 17.0. The van der Waals surface area contributed by atoms with Gasteiger partial charge in [-0.3, -0.25) is 14.4 Å². The molecule has 1 heterocycles. The molecule has 6 heteroatoms. The van der Waals surface area contributed by atoms with E-state index in [2.05, 4.69) is 16.0 Å². The molecule has 1 aliphatic heterocycles. The molecule has 3 N–H and O–H groups in total. The van der Waals surface area contributed by atoms with Gasteiger partial charge in [-0.25, -0.2) is 0 Å². The molecule has 0 aliphatic carbocycles. The molecule has 2 aromatic rings. The van der Waals surface area contributed by atoms with E-state index in [0.29, 0.717) is 24.9 Å². The lowest BCUT2D eigenvalue weighted by molar-refractivity contribution is -0.125. The largest absolute Gasteiger partial charge is 0.354 e. The second-order valence-corrected chi connectivity index (χ2v) is 6.18. The Kier molecular flexibility index (Phi) is 5.28. The zero-order valence-corrected chi connectivity index (χ0v) is 13.9. The molecule has 1 fully saturated rings. The summed E-state index contributed by atoms with van der Waals surface area (Å²) < 4.78 is 0. The molecule has 1 saturated heterocycles. The highest BCUT2D eigenvalue weighted by molar-refractivity contribution is 5.98. The van der Waals surface area contributed by atoms with Crippen LogP contribution in [0, 0.1) is 0 Å². The third-order valence-corrected chi connectivity index (χ3v) is 4.28. The van der Waals surface area contributed by atoms with Crippen LogP contribution in [0.15, 0.2) is 42.5 Å². The maximum Gasteiger partial charge on any atom is 0.251 e. The zero-order valence-electron chi connectivity index (χ0n) is 13.9. The third-order valence-electron chi connectivity index (χ3n) is 4.28. The summed E-state index contributed by atoms with van der Waals surface area (Å²) in [6.45, 7) is 0.741. The van der Waals surface area contributed by atoms with Gasteiger partial charge >= 0.3 is 0 Å². The minimum atomic E-state index is -0.191. The zero-order chi connectivity index (χ0) is 17.6. The van der Waals surface area contributed by atoms with Gasteiger partial charge in [-0.05, 0) is 29.3 Å². The second-order valence-electron chi connectivity index (χ2n) is 6.18. The van der Waals surface area contributed by atoms with Crippen molar-refractivity contribution in [2.75, 3.05) is 13.1 Å². The van der Waals surface area contributed by atoms with Crippen molar-refractivity contribution in [1.82, 2.24) is 16.0 Å². The summed E-state index contributed by atoms with van der Waals surface area (Å²) in [6.07, 6.45) is 1.30. The summed E-state index contributed by atoms with van der Waals surface area (Å²) in [5, 5.41) is 10.5. The van der Waals surface area contributed by atoms with Crippen molar-refractivity contribution in [2.45, 2.75) is 25.3 Å². The number of carbonyl (C=O) groups is 3. The summed E-state index contributed by atoms with van der Waals surface area (Å²) in [5.74, 6) is -0.295. The molecule has 130 valence electrons. The summed E-state index contributed by atoms with van der Waals surface area (Å²) in [7, 11) is 0. The van der Waals surface area contributed by atoms with Crippen LogP contribution in [-0.2, 0) is 9.59 Å². The Morgan fingerprint density at radius 2 is 1.92 bits per heavy atom. The van der Waals surface area contributed by atoms with Gasteiger partial charge in [-0.15, -0.1) is 0 Å². The van der Waals surface area contributed by atoms with Crippen molar-refractivity contribution >= 4 is 28.5 Å². The van der Waals surface area contributed by atoms with Gasteiger partial charge in [0.1, 0.15) is 0 Å². The number of fused-ring (bicyclic) bond motifs is 1. The minimum Gasteiger partial charge on any atom is -0.354 e. The summed E-state index contributed by atoms with van der Waals surface area (Å²) in [4.78, 5) is 35.2. The van der Waals surface area contributed by atoms with Crippen molar-refractivity contribution in [3.63, 3.8) is 0 Å². The van der Waals surface area contributed by atoms with Gasteiger partial charge in [0.15, 0.2) is 0 Å². The molecular formula is C19H21N3O3. The number of piperidine rings is 1. The van der Waals surface area contributed by atoms with Crippen molar-refractivity contribution in [3.8, 4) is 0 Å². The van der Waals surface area contributed by atoms with Crippen molar-refractivity contribution < 1.29 is 14.4 Å². The lowest BCUT2D eigenvalue weighted by Crippen LogP contribution is -2.48. The highest BCUT2D eigenvalue weighted by atomic mass is 16.2. The molecule has 0 spiro atoms. The van der Waals surface area contributed by atoms with Gasteiger partial charge in [0.2, 0.25) is 11.8 Å². The molecule has 0 radical (unpaired) electrons. The highest BCUT2D eigenvalue weighted by Crippen LogP contribution is 2.15. The minimum absolute atomic E-state index is 0.0214. The van der Waals surface area contributed by atoms with Gasteiger partial charge in [0, 0.05) is 37.5 Å². The van der Waals surface area contributed by atoms with Crippen LogP contribution in [0.1, 0.15) is 29.6 Å². The predicted molar refractivity (Wildman–Crippen MR) is 95.1 cm³/mol. The standard InChI is InChI=1S/C19H21N3O3/c23-17-8-7-16(12-21-17)22-18(24)9-10-20-19(25)15-6-5-13-3-1-2-4-14(13)11-15/h1-6,11,16H,7-10,12H2,(H,20,25)(H,21,23)(H,22,24). The van der Waals surface area contributed by atoms with Gasteiger partial charge in [-0.2, -0.15) is 0 Å². The van der Waals surface area contributed by atoms with Gasteiger partial charge < -0.3 is 16.0 Å². The number of benzene rings is 2. The fraction of sp³-hybridized carbons (Fsp3) is 0.316. The van der Waals surface area contributed by atoms with Crippen molar-refractivity contribution in [1.29, 1.82) is 0 Å². The number of hydrogen-bond acceptors (Lipinski definition) is 3. The summed E-state index contributed by atoms with van der Waals surface area (Å²) in [6, 6.07) is 13.4.